The highest BCUT2D eigenvalue weighted by Gasteiger charge is 2.18. The van der Waals surface area contributed by atoms with Crippen molar-refractivity contribution in [3.63, 3.8) is 0 Å². The molecule has 0 N–H and O–H groups in total. The van der Waals surface area contributed by atoms with E-state index in [-0.39, 0.29) is 5.75 Å². The Kier molecular flexibility index (Phi) is 2.91. The van der Waals surface area contributed by atoms with Gasteiger partial charge >= 0.3 is 5.63 Å². The van der Waals surface area contributed by atoms with E-state index in [1.165, 1.54) is 21.3 Å². The molecular formula is C12H12O5. The molecule has 2 rings (SSSR count). The van der Waals surface area contributed by atoms with Gasteiger partial charge in [0, 0.05) is 0 Å². The van der Waals surface area contributed by atoms with Crippen LogP contribution in [-0.4, -0.2) is 21.3 Å². The number of ether oxygens (including phenoxy) is 3. The summed E-state index contributed by atoms with van der Waals surface area (Å²) >= 11 is 0. The molecule has 0 amide bonds. The molecular weight excluding hydrogens is 224 g/mol. The van der Waals surface area contributed by atoms with Gasteiger partial charge in [0.2, 0.25) is 5.75 Å². The molecule has 0 bridgehead atoms. The zero-order chi connectivity index (χ0) is 12.4. The zero-order valence-corrected chi connectivity index (χ0v) is 9.77. The van der Waals surface area contributed by atoms with Gasteiger partial charge in [-0.25, -0.2) is 4.79 Å². The molecule has 1 aromatic carbocycles. The molecule has 1 heterocycles. The fraction of sp³-hybridized carbons (Fsp3) is 0.250. The van der Waals surface area contributed by atoms with E-state index in [2.05, 4.69) is 0 Å². The molecule has 0 aliphatic heterocycles. The number of fused-ring (bicyclic) bond motifs is 1. The molecule has 17 heavy (non-hydrogen) atoms. The van der Waals surface area contributed by atoms with Gasteiger partial charge in [0.15, 0.2) is 5.75 Å². The van der Waals surface area contributed by atoms with Gasteiger partial charge in [-0.1, -0.05) is 6.07 Å². The lowest BCUT2D eigenvalue weighted by molar-refractivity contribution is 0.336. The van der Waals surface area contributed by atoms with Gasteiger partial charge in [-0.05, 0) is 12.1 Å². The Labute approximate surface area is 97.5 Å². The molecule has 0 spiro atoms. The van der Waals surface area contributed by atoms with E-state index in [9.17, 15) is 4.79 Å². The normalized spacial score (nSPS) is 10.3. The van der Waals surface area contributed by atoms with Crippen LogP contribution in [0.3, 0.4) is 0 Å². The van der Waals surface area contributed by atoms with Crippen LogP contribution in [0.1, 0.15) is 0 Å². The quantitative estimate of drug-likeness (QED) is 0.761. The zero-order valence-electron chi connectivity index (χ0n) is 9.77. The van der Waals surface area contributed by atoms with E-state index in [4.69, 9.17) is 18.6 Å². The molecule has 90 valence electrons. The summed E-state index contributed by atoms with van der Waals surface area (Å²) in [4.78, 5) is 11.6. The third-order valence-electron chi connectivity index (χ3n) is 2.44. The van der Waals surface area contributed by atoms with Crippen molar-refractivity contribution in [2.45, 2.75) is 0 Å². The highest BCUT2D eigenvalue weighted by molar-refractivity contribution is 5.91. The molecule has 0 saturated heterocycles. The smallest absolute Gasteiger partial charge is 0.383 e. The van der Waals surface area contributed by atoms with Crippen LogP contribution in [0.5, 0.6) is 17.2 Å². The molecule has 0 radical (unpaired) electrons. The molecule has 2 aromatic rings. The van der Waals surface area contributed by atoms with Crippen molar-refractivity contribution in [1.82, 2.24) is 0 Å². The molecule has 0 unspecified atom stereocenters. The Morgan fingerprint density at radius 2 is 1.71 bits per heavy atom. The van der Waals surface area contributed by atoms with Gasteiger partial charge in [-0.3, -0.25) is 0 Å². The van der Waals surface area contributed by atoms with Crippen LogP contribution in [0.25, 0.3) is 11.0 Å². The molecule has 5 heteroatoms. The maximum atomic E-state index is 11.6. The van der Waals surface area contributed by atoms with E-state index >= 15 is 0 Å². The summed E-state index contributed by atoms with van der Waals surface area (Å²) in [6, 6.07) is 5.15. The second kappa shape index (κ2) is 4.37. The van der Waals surface area contributed by atoms with Crippen molar-refractivity contribution >= 4 is 11.0 Å². The lowest BCUT2D eigenvalue weighted by Crippen LogP contribution is -2.06. The Hall–Kier alpha value is -2.17. The van der Waals surface area contributed by atoms with Gasteiger partial charge in [0.05, 0.1) is 21.3 Å². The van der Waals surface area contributed by atoms with Gasteiger partial charge in [0.1, 0.15) is 16.7 Å². The van der Waals surface area contributed by atoms with Crippen molar-refractivity contribution < 1.29 is 18.6 Å². The third kappa shape index (κ3) is 1.69. The summed E-state index contributed by atoms with van der Waals surface area (Å²) in [6.45, 7) is 0. The van der Waals surface area contributed by atoms with Crippen molar-refractivity contribution in [2.24, 2.45) is 0 Å². The van der Waals surface area contributed by atoms with E-state index in [0.717, 1.165) is 0 Å². The standard InChI is InChI=1S/C12H12O5/c1-14-7-5-4-6-8-9(7)10(15-2)11(16-3)12(13)17-8/h4-6H,1-3H3. The maximum Gasteiger partial charge on any atom is 0.383 e. The van der Waals surface area contributed by atoms with Crippen molar-refractivity contribution in [1.29, 1.82) is 0 Å². The number of benzene rings is 1. The first-order valence-electron chi connectivity index (χ1n) is 4.94. The number of hydrogen-bond donors (Lipinski definition) is 0. The van der Waals surface area contributed by atoms with Crippen LogP contribution in [0, 0.1) is 0 Å². The lowest BCUT2D eigenvalue weighted by Gasteiger charge is -2.11. The first-order valence-corrected chi connectivity index (χ1v) is 4.94. The third-order valence-corrected chi connectivity index (χ3v) is 2.44. The highest BCUT2D eigenvalue weighted by Crippen LogP contribution is 2.38. The summed E-state index contributed by atoms with van der Waals surface area (Å²) in [7, 11) is 4.38. The number of rotatable bonds is 3. The van der Waals surface area contributed by atoms with Crippen molar-refractivity contribution in [2.75, 3.05) is 21.3 Å². The number of hydrogen-bond acceptors (Lipinski definition) is 5. The Bertz CT molecular complexity index is 600. The first kappa shape index (κ1) is 11.3. The lowest BCUT2D eigenvalue weighted by atomic mass is 10.2. The van der Waals surface area contributed by atoms with Crippen LogP contribution in [-0.2, 0) is 0 Å². The van der Waals surface area contributed by atoms with Gasteiger partial charge in [-0.15, -0.1) is 0 Å². The van der Waals surface area contributed by atoms with Crippen LogP contribution >= 0.6 is 0 Å². The molecule has 0 saturated carbocycles. The van der Waals surface area contributed by atoms with Gasteiger partial charge < -0.3 is 18.6 Å². The topological polar surface area (TPSA) is 57.9 Å². The monoisotopic (exact) mass is 236 g/mol. The van der Waals surface area contributed by atoms with Crippen LogP contribution < -0.4 is 19.8 Å². The molecule has 0 aliphatic rings. The predicted octanol–water partition coefficient (Wildman–Crippen LogP) is 1.82. The second-order valence-corrected chi connectivity index (χ2v) is 3.29. The summed E-state index contributed by atoms with van der Waals surface area (Å²) in [5.41, 5.74) is -0.183. The van der Waals surface area contributed by atoms with E-state index in [1.54, 1.807) is 18.2 Å². The number of methoxy groups -OCH3 is 3. The fourth-order valence-electron chi connectivity index (χ4n) is 1.71. The van der Waals surface area contributed by atoms with Gasteiger partial charge in [-0.2, -0.15) is 0 Å². The van der Waals surface area contributed by atoms with Gasteiger partial charge in [0.25, 0.3) is 0 Å². The second-order valence-electron chi connectivity index (χ2n) is 3.29. The summed E-state index contributed by atoms with van der Waals surface area (Å²) in [6.07, 6.45) is 0. The van der Waals surface area contributed by atoms with Crippen LogP contribution in [0.4, 0.5) is 0 Å². The molecule has 0 fully saturated rings. The average molecular weight is 236 g/mol. The van der Waals surface area contributed by atoms with Crippen molar-refractivity contribution in [3.8, 4) is 17.2 Å². The molecule has 5 nitrogen and oxygen atoms in total. The van der Waals surface area contributed by atoms with Crippen LogP contribution in [0.15, 0.2) is 27.4 Å². The van der Waals surface area contributed by atoms with Crippen molar-refractivity contribution in [3.05, 3.63) is 28.6 Å². The van der Waals surface area contributed by atoms with E-state index in [1.807, 2.05) is 0 Å². The molecule has 0 atom stereocenters. The highest BCUT2D eigenvalue weighted by atomic mass is 16.5. The Morgan fingerprint density at radius 3 is 2.29 bits per heavy atom. The molecule has 0 aliphatic carbocycles. The SMILES string of the molecule is COc1c(OC)c2c(OC)cccc2oc1=O. The van der Waals surface area contributed by atoms with Crippen LogP contribution in [0.2, 0.25) is 0 Å². The average Bonchev–Trinajstić information content (AvgIpc) is 2.36. The summed E-state index contributed by atoms with van der Waals surface area (Å²) in [5, 5.41) is 0.578. The largest absolute Gasteiger partial charge is 0.496 e. The minimum atomic E-state index is -0.579. The summed E-state index contributed by atoms with van der Waals surface area (Å²) < 4.78 is 20.5. The molecule has 1 aromatic heterocycles. The van der Waals surface area contributed by atoms with E-state index in [0.29, 0.717) is 22.5 Å². The predicted molar refractivity (Wildman–Crippen MR) is 62.1 cm³/mol. The minimum absolute atomic E-state index is 0.0319. The Morgan fingerprint density at radius 1 is 1.00 bits per heavy atom. The maximum absolute atomic E-state index is 11.6. The van der Waals surface area contributed by atoms with E-state index < -0.39 is 5.63 Å². The fourth-order valence-corrected chi connectivity index (χ4v) is 1.71. The summed E-state index contributed by atoms with van der Waals surface area (Å²) in [5.74, 6) is 0.905. The minimum Gasteiger partial charge on any atom is -0.496 e. The first-order chi connectivity index (χ1) is 8.22. The Balaban J connectivity index is 2.95.